The minimum atomic E-state index is 0.213. The van der Waals surface area contributed by atoms with Crippen molar-refractivity contribution in [1.82, 2.24) is 10.6 Å². The molecule has 0 aromatic heterocycles. The van der Waals surface area contributed by atoms with Gasteiger partial charge in [-0.15, -0.1) is 0 Å². The first kappa shape index (κ1) is 15.5. The van der Waals surface area contributed by atoms with E-state index < -0.39 is 0 Å². The van der Waals surface area contributed by atoms with Gasteiger partial charge in [0.05, 0.1) is 0 Å². The van der Waals surface area contributed by atoms with E-state index in [1.165, 1.54) is 0 Å². The van der Waals surface area contributed by atoms with Crippen molar-refractivity contribution >= 4 is 5.91 Å². The fourth-order valence-corrected chi connectivity index (χ4v) is 2.91. The Labute approximate surface area is 112 Å². The number of piperidine rings is 1. The first-order valence-electron chi connectivity index (χ1n) is 7.58. The minimum Gasteiger partial charge on any atom is -0.355 e. The summed E-state index contributed by atoms with van der Waals surface area (Å²) in [6, 6.07) is 0.475. The summed E-state index contributed by atoms with van der Waals surface area (Å²) in [5.41, 5.74) is 0.300. The number of nitrogens with one attached hydrogen (secondary N) is 2. The molecule has 0 bridgehead atoms. The third-order valence-corrected chi connectivity index (χ3v) is 4.88. The molecule has 0 unspecified atom stereocenters. The van der Waals surface area contributed by atoms with Gasteiger partial charge in [-0.1, -0.05) is 20.8 Å². The van der Waals surface area contributed by atoms with Crippen molar-refractivity contribution in [1.29, 1.82) is 0 Å². The predicted molar refractivity (Wildman–Crippen MR) is 76.5 cm³/mol. The molecule has 0 radical (unpaired) electrons. The summed E-state index contributed by atoms with van der Waals surface area (Å²) in [6.45, 7) is 10.7. The minimum absolute atomic E-state index is 0.213. The number of hydrogen-bond donors (Lipinski definition) is 2. The van der Waals surface area contributed by atoms with Crippen molar-refractivity contribution < 1.29 is 4.79 Å². The fraction of sp³-hybridized carbons (Fsp3) is 0.933. The molecule has 1 amide bonds. The molecule has 18 heavy (non-hydrogen) atoms. The maximum absolute atomic E-state index is 12.2. The predicted octanol–water partition coefficient (Wildman–Crippen LogP) is 2.71. The van der Waals surface area contributed by atoms with Gasteiger partial charge in [0.15, 0.2) is 0 Å². The molecule has 1 aliphatic rings. The molecule has 2 N–H and O–H groups in total. The first-order valence-corrected chi connectivity index (χ1v) is 7.58. The standard InChI is InChI=1S/C15H30N2O/c1-5-15(6-2,7-3)11-17-14(18)13-8-9-16-12(4)10-13/h12-13,16H,5-11H2,1-4H3,(H,17,18)/t12-,13-/m0/s1. The van der Waals surface area contributed by atoms with Gasteiger partial charge in [0.1, 0.15) is 0 Å². The summed E-state index contributed by atoms with van der Waals surface area (Å²) >= 11 is 0. The van der Waals surface area contributed by atoms with Crippen LogP contribution < -0.4 is 10.6 Å². The molecule has 106 valence electrons. The van der Waals surface area contributed by atoms with E-state index in [1.807, 2.05) is 0 Å². The molecule has 1 rings (SSSR count). The highest BCUT2D eigenvalue weighted by Crippen LogP contribution is 2.29. The Bertz CT molecular complexity index is 253. The lowest BCUT2D eigenvalue weighted by Crippen LogP contribution is -2.45. The molecule has 0 aromatic carbocycles. The highest BCUT2D eigenvalue weighted by atomic mass is 16.1. The Balaban J connectivity index is 2.44. The molecule has 0 saturated carbocycles. The fourth-order valence-electron chi connectivity index (χ4n) is 2.91. The second-order valence-corrected chi connectivity index (χ2v) is 5.85. The van der Waals surface area contributed by atoms with Gasteiger partial charge >= 0.3 is 0 Å². The number of hydrogen-bond acceptors (Lipinski definition) is 2. The molecule has 1 fully saturated rings. The molecule has 0 aromatic rings. The Kier molecular flexibility index (Phi) is 6.13. The summed E-state index contributed by atoms with van der Waals surface area (Å²) in [4.78, 5) is 12.2. The van der Waals surface area contributed by atoms with Crippen LogP contribution in [0.3, 0.4) is 0 Å². The smallest absolute Gasteiger partial charge is 0.223 e. The quantitative estimate of drug-likeness (QED) is 0.765. The molecule has 3 heteroatoms. The second kappa shape index (κ2) is 7.13. The summed E-state index contributed by atoms with van der Waals surface area (Å²) in [5.74, 6) is 0.479. The zero-order chi connectivity index (χ0) is 13.6. The van der Waals surface area contributed by atoms with Crippen LogP contribution in [0, 0.1) is 11.3 Å². The van der Waals surface area contributed by atoms with Gasteiger partial charge < -0.3 is 10.6 Å². The Morgan fingerprint density at radius 2 is 1.89 bits per heavy atom. The van der Waals surface area contributed by atoms with E-state index >= 15 is 0 Å². The van der Waals surface area contributed by atoms with Crippen LogP contribution in [0.2, 0.25) is 0 Å². The van der Waals surface area contributed by atoms with Gasteiger partial charge in [0, 0.05) is 18.5 Å². The summed E-state index contributed by atoms with van der Waals surface area (Å²) in [6.07, 6.45) is 5.38. The molecule has 1 aliphatic heterocycles. The monoisotopic (exact) mass is 254 g/mol. The maximum atomic E-state index is 12.2. The van der Waals surface area contributed by atoms with Crippen LogP contribution in [0.1, 0.15) is 59.8 Å². The Morgan fingerprint density at radius 1 is 1.28 bits per heavy atom. The normalized spacial score (nSPS) is 24.9. The highest BCUT2D eigenvalue weighted by Gasteiger charge is 2.28. The Morgan fingerprint density at radius 3 is 2.39 bits per heavy atom. The average Bonchev–Trinajstić information content (AvgIpc) is 2.40. The van der Waals surface area contributed by atoms with Gasteiger partial charge in [0.2, 0.25) is 5.91 Å². The van der Waals surface area contributed by atoms with E-state index in [0.717, 1.165) is 45.2 Å². The van der Waals surface area contributed by atoms with E-state index in [9.17, 15) is 4.79 Å². The average molecular weight is 254 g/mol. The van der Waals surface area contributed by atoms with Crippen LogP contribution in [-0.4, -0.2) is 25.0 Å². The van der Waals surface area contributed by atoms with Crippen LogP contribution in [0.4, 0.5) is 0 Å². The van der Waals surface area contributed by atoms with Gasteiger partial charge in [-0.2, -0.15) is 0 Å². The number of rotatable bonds is 6. The van der Waals surface area contributed by atoms with Crippen molar-refractivity contribution in [3.8, 4) is 0 Å². The van der Waals surface area contributed by atoms with Gasteiger partial charge in [-0.05, 0) is 51.0 Å². The molecule has 2 atom stereocenters. The second-order valence-electron chi connectivity index (χ2n) is 5.85. The van der Waals surface area contributed by atoms with E-state index in [2.05, 4.69) is 38.3 Å². The van der Waals surface area contributed by atoms with Crippen LogP contribution in [-0.2, 0) is 4.79 Å². The van der Waals surface area contributed by atoms with Crippen LogP contribution >= 0.6 is 0 Å². The van der Waals surface area contributed by atoms with Crippen LogP contribution in [0.25, 0.3) is 0 Å². The lowest BCUT2D eigenvalue weighted by molar-refractivity contribution is -0.126. The topological polar surface area (TPSA) is 41.1 Å². The molecule has 0 aliphatic carbocycles. The molecular formula is C15H30N2O. The lowest BCUT2D eigenvalue weighted by atomic mass is 9.79. The SMILES string of the molecule is CCC(CC)(CC)CNC(=O)[C@H]1CCN[C@@H](C)C1. The lowest BCUT2D eigenvalue weighted by Gasteiger charge is -2.32. The number of carbonyl (C=O) groups excluding carboxylic acids is 1. The highest BCUT2D eigenvalue weighted by molar-refractivity contribution is 5.78. The van der Waals surface area contributed by atoms with Crippen molar-refractivity contribution in [3.05, 3.63) is 0 Å². The van der Waals surface area contributed by atoms with E-state index in [1.54, 1.807) is 0 Å². The summed E-state index contributed by atoms with van der Waals surface area (Å²) < 4.78 is 0. The van der Waals surface area contributed by atoms with E-state index in [0.29, 0.717) is 11.5 Å². The molecular weight excluding hydrogens is 224 g/mol. The zero-order valence-corrected chi connectivity index (χ0v) is 12.5. The van der Waals surface area contributed by atoms with Crippen LogP contribution in [0.5, 0.6) is 0 Å². The Hall–Kier alpha value is -0.570. The summed E-state index contributed by atoms with van der Waals surface area (Å²) in [7, 11) is 0. The van der Waals surface area contributed by atoms with Crippen molar-refractivity contribution in [3.63, 3.8) is 0 Å². The van der Waals surface area contributed by atoms with E-state index in [-0.39, 0.29) is 11.8 Å². The molecule has 0 spiro atoms. The maximum Gasteiger partial charge on any atom is 0.223 e. The third-order valence-electron chi connectivity index (χ3n) is 4.88. The zero-order valence-electron chi connectivity index (χ0n) is 12.5. The molecule has 1 saturated heterocycles. The number of amides is 1. The van der Waals surface area contributed by atoms with Gasteiger partial charge in [0.25, 0.3) is 0 Å². The van der Waals surface area contributed by atoms with Gasteiger partial charge in [-0.3, -0.25) is 4.79 Å². The van der Waals surface area contributed by atoms with Crippen molar-refractivity contribution in [2.45, 2.75) is 65.8 Å². The molecule has 3 nitrogen and oxygen atoms in total. The van der Waals surface area contributed by atoms with Crippen molar-refractivity contribution in [2.75, 3.05) is 13.1 Å². The number of carbonyl (C=O) groups is 1. The molecule has 1 heterocycles. The van der Waals surface area contributed by atoms with Crippen LogP contribution in [0.15, 0.2) is 0 Å². The first-order chi connectivity index (χ1) is 8.56. The van der Waals surface area contributed by atoms with Crippen molar-refractivity contribution in [2.24, 2.45) is 11.3 Å². The van der Waals surface area contributed by atoms with E-state index in [4.69, 9.17) is 0 Å². The largest absolute Gasteiger partial charge is 0.355 e. The summed E-state index contributed by atoms with van der Waals surface area (Å²) in [5, 5.41) is 6.59. The van der Waals surface area contributed by atoms with Gasteiger partial charge in [-0.25, -0.2) is 0 Å². The third kappa shape index (κ3) is 3.98.